The number of carbonyl (C=O) groups is 2. The molecule has 2 rings (SSSR count). The number of para-hydroxylation sites is 1. The molecule has 0 bridgehead atoms. The van der Waals surface area contributed by atoms with E-state index in [4.69, 9.17) is 9.84 Å². The molecule has 21 heavy (non-hydrogen) atoms. The first-order chi connectivity index (χ1) is 10.1. The highest BCUT2D eigenvalue weighted by Crippen LogP contribution is 2.27. The molecule has 1 amide bonds. The molecule has 1 aromatic rings. The second-order valence-electron chi connectivity index (χ2n) is 5.00. The molecule has 1 N–H and O–H groups in total. The summed E-state index contributed by atoms with van der Waals surface area (Å²) >= 11 is 0. The Bertz CT molecular complexity index is 518. The van der Waals surface area contributed by atoms with Crippen molar-refractivity contribution in [2.75, 3.05) is 44.8 Å². The maximum Gasteiger partial charge on any atom is 0.323 e. The van der Waals surface area contributed by atoms with Crippen LogP contribution in [0.3, 0.4) is 0 Å². The number of carboxylic acids is 1. The van der Waals surface area contributed by atoms with E-state index in [2.05, 4.69) is 6.07 Å². The van der Waals surface area contributed by atoms with Crippen molar-refractivity contribution >= 4 is 17.6 Å². The number of methoxy groups -OCH3 is 1. The van der Waals surface area contributed by atoms with Crippen molar-refractivity contribution in [1.82, 2.24) is 4.90 Å². The van der Waals surface area contributed by atoms with E-state index in [9.17, 15) is 9.59 Å². The van der Waals surface area contributed by atoms with Gasteiger partial charge in [-0.2, -0.15) is 0 Å². The van der Waals surface area contributed by atoms with Gasteiger partial charge in [-0.1, -0.05) is 18.2 Å². The third-order valence-corrected chi connectivity index (χ3v) is 3.55. The Morgan fingerprint density at radius 2 is 2.14 bits per heavy atom. The van der Waals surface area contributed by atoms with Gasteiger partial charge in [-0.15, -0.1) is 0 Å². The number of hydrogen-bond acceptors (Lipinski definition) is 4. The monoisotopic (exact) mass is 292 g/mol. The fourth-order valence-corrected chi connectivity index (χ4v) is 2.49. The predicted octanol–water partition coefficient (Wildman–Crippen LogP) is 0.609. The van der Waals surface area contributed by atoms with Crippen LogP contribution >= 0.6 is 0 Å². The van der Waals surface area contributed by atoms with Crippen molar-refractivity contribution in [2.45, 2.75) is 6.42 Å². The quantitative estimate of drug-likeness (QED) is 0.797. The Kier molecular flexibility index (Phi) is 5.16. The van der Waals surface area contributed by atoms with Gasteiger partial charge in [0.1, 0.15) is 6.54 Å². The van der Waals surface area contributed by atoms with Crippen molar-refractivity contribution in [3.8, 4) is 0 Å². The normalized spacial score (nSPS) is 13.1. The highest BCUT2D eigenvalue weighted by Gasteiger charge is 2.24. The van der Waals surface area contributed by atoms with Crippen LogP contribution in [-0.2, 0) is 20.7 Å². The van der Waals surface area contributed by atoms with Gasteiger partial charge in [0, 0.05) is 25.9 Å². The number of carbonyl (C=O) groups excluding carboxylic acids is 1. The number of amides is 1. The molecule has 0 atom stereocenters. The Labute approximate surface area is 123 Å². The van der Waals surface area contributed by atoms with E-state index in [0.717, 1.165) is 18.7 Å². The molecule has 6 nitrogen and oxygen atoms in total. The zero-order chi connectivity index (χ0) is 15.2. The van der Waals surface area contributed by atoms with Crippen LogP contribution in [0.2, 0.25) is 0 Å². The fraction of sp³-hybridized carbons (Fsp3) is 0.467. The molecule has 114 valence electrons. The minimum atomic E-state index is -1.01. The molecule has 0 aliphatic carbocycles. The van der Waals surface area contributed by atoms with Gasteiger partial charge in [-0.3, -0.25) is 9.59 Å². The summed E-state index contributed by atoms with van der Waals surface area (Å²) in [5.41, 5.74) is 2.29. The van der Waals surface area contributed by atoms with Crippen molar-refractivity contribution in [3.63, 3.8) is 0 Å². The van der Waals surface area contributed by atoms with Gasteiger partial charge in [0.05, 0.1) is 13.2 Å². The standard InChI is InChI=1S/C15H20N2O4/c1-21-9-8-17(11-15(19)20)14(18)10-16-7-6-12-4-2-3-5-13(12)16/h2-5H,6-11H2,1H3,(H,19,20). The molecule has 6 heteroatoms. The molecule has 0 unspecified atom stereocenters. The smallest absolute Gasteiger partial charge is 0.323 e. The van der Waals surface area contributed by atoms with Crippen LogP contribution < -0.4 is 4.90 Å². The lowest BCUT2D eigenvalue weighted by molar-refractivity contribution is -0.144. The van der Waals surface area contributed by atoms with Crippen molar-refractivity contribution in [2.24, 2.45) is 0 Å². The molecule has 0 spiro atoms. The summed E-state index contributed by atoms with van der Waals surface area (Å²) in [5, 5.41) is 8.90. The number of carboxylic acid groups (broad SMARTS) is 1. The van der Waals surface area contributed by atoms with E-state index in [-0.39, 0.29) is 25.5 Å². The van der Waals surface area contributed by atoms with Crippen LogP contribution in [0.4, 0.5) is 5.69 Å². The van der Waals surface area contributed by atoms with E-state index < -0.39 is 5.97 Å². The van der Waals surface area contributed by atoms with E-state index in [1.165, 1.54) is 17.6 Å². The molecule has 0 saturated heterocycles. The summed E-state index contributed by atoms with van der Waals surface area (Å²) in [6.45, 7) is 1.31. The third kappa shape index (κ3) is 3.95. The summed E-state index contributed by atoms with van der Waals surface area (Å²) in [4.78, 5) is 26.5. The van der Waals surface area contributed by atoms with Crippen LogP contribution in [0.15, 0.2) is 24.3 Å². The first-order valence-electron chi connectivity index (χ1n) is 6.93. The summed E-state index contributed by atoms with van der Waals surface area (Å²) < 4.78 is 4.93. The van der Waals surface area contributed by atoms with Crippen molar-refractivity contribution < 1.29 is 19.4 Å². The van der Waals surface area contributed by atoms with E-state index in [1.54, 1.807) is 0 Å². The van der Waals surface area contributed by atoms with Gasteiger partial charge >= 0.3 is 5.97 Å². The van der Waals surface area contributed by atoms with Crippen LogP contribution in [0.25, 0.3) is 0 Å². The average Bonchev–Trinajstić information content (AvgIpc) is 2.86. The zero-order valence-corrected chi connectivity index (χ0v) is 12.1. The lowest BCUT2D eigenvalue weighted by Gasteiger charge is -2.25. The largest absolute Gasteiger partial charge is 0.480 e. The number of anilines is 1. The summed E-state index contributed by atoms with van der Waals surface area (Å²) in [5.74, 6) is -1.20. The van der Waals surface area contributed by atoms with E-state index in [0.29, 0.717) is 6.61 Å². The topological polar surface area (TPSA) is 70.1 Å². The maximum absolute atomic E-state index is 12.3. The molecule has 1 aromatic carbocycles. The zero-order valence-electron chi connectivity index (χ0n) is 12.1. The first-order valence-corrected chi connectivity index (χ1v) is 6.93. The molecule has 0 saturated carbocycles. The molecule has 0 fully saturated rings. The summed E-state index contributed by atoms with van der Waals surface area (Å²) in [6.07, 6.45) is 0.917. The highest BCUT2D eigenvalue weighted by atomic mass is 16.5. The Morgan fingerprint density at radius 1 is 1.38 bits per heavy atom. The predicted molar refractivity (Wildman–Crippen MR) is 78.5 cm³/mol. The highest BCUT2D eigenvalue weighted by molar-refractivity contribution is 5.85. The number of aliphatic carboxylic acids is 1. The third-order valence-electron chi connectivity index (χ3n) is 3.55. The maximum atomic E-state index is 12.3. The molecular formula is C15H20N2O4. The van der Waals surface area contributed by atoms with Gasteiger partial charge in [0.15, 0.2) is 0 Å². The Hall–Kier alpha value is -2.08. The average molecular weight is 292 g/mol. The van der Waals surface area contributed by atoms with Crippen LogP contribution in [-0.4, -0.2) is 61.8 Å². The minimum Gasteiger partial charge on any atom is -0.480 e. The summed E-state index contributed by atoms with van der Waals surface area (Å²) in [6, 6.07) is 7.98. The number of benzene rings is 1. The molecular weight excluding hydrogens is 272 g/mol. The summed E-state index contributed by atoms with van der Waals surface area (Å²) in [7, 11) is 1.53. The fourth-order valence-electron chi connectivity index (χ4n) is 2.49. The number of ether oxygens (including phenoxy) is 1. The van der Waals surface area contributed by atoms with Crippen molar-refractivity contribution in [3.05, 3.63) is 29.8 Å². The molecule has 1 aliphatic heterocycles. The van der Waals surface area contributed by atoms with Gasteiger partial charge < -0.3 is 19.6 Å². The number of nitrogens with zero attached hydrogens (tertiary/aromatic N) is 2. The lowest BCUT2D eigenvalue weighted by Crippen LogP contribution is -2.43. The lowest BCUT2D eigenvalue weighted by atomic mass is 10.2. The Balaban J connectivity index is 2.00. The van der Waals surface area contributed by atoms with E-state index >= 15 is 0 Å². The molecule has 1 aliphatic rings. The number of fused-ring (bicyclic) bond motifs is 1. The first kappa shape index (κ1) is 15.3. The van der Waals surface area contributed by atoms with Gasteiger partial charge in [-0.05, 0) is 18.1 Å². The van der Waals surface area contributed by atoms with Crippen LogP contribution in [0.5, 0.6) is 0 Å². The minimum absolute atomic E-state index is 0.189. The SMILES string of the molecule is COCCN(CC(=O)O)C(=O)CN1CCc2ccccc21. The van der Waals surface area contributed by atoms with Gasteiger partial charge in [0.25, 0.3) is 0 Å². The second kappa shape index (κ2) is 7.08. The molecule has 1 heterocycles. The Morgan fingerprint density at radius 3 is 2.86 bits per heavy atom. The number of hydrogen-bond donors (Lipinski definition) is 1. The molecule has 0 aromatic heterocycles. The van der Waals surface area contributed by atoms with Gasteiger partial charge in [0.2, 0.25) is 5.91 Å². The number of rotatable bonds is 7. The van der Waals surface area contributed by atoms with E-state index in [1.807, 2.05) is 23.1 Å². The second-order valence-corrected chi connectivity index (χ2v) is 5.00. The van der Waals surface area contributed by atoms with Crippen LogP contribution in [0, 0.1) is 0 Å². The molecule has 0 radical (unpaired) electrons. The van der Waals surface area contributed by atoms with Crippen LogP contribution in [0.1, 0.15) is 5.56 Å². The van der Waals surface area contributed by atoms with Gasteiger partial charge in [-0.25, -0.2) is 0 Å². The van der Waals surface area contributed by atoms with Crippen molar-refractivity contribution in [1.29, 1.82) is 0 Å².